The lowest BCUT2D eigenvalue weighted by atomic mass is 9.99. The third kappa shape index (κ3) is 1.85. The number of ether oxygens (including phenoxy) is 1. The van der Waals surface area contributed by atoms with Gasteiger partial charge in [-0.25, -0.2) is 14.4 Å². The van der Waals surface area contributed by atoms with Crippen molar-refractivity contribution in [1.29, 1.82) is 0 Å². The van der Waals surface area contributed by atoms with Crippen LogP contribution in [0, 0.1) is 0 Å². The first-order chi connectivity index (χ1) is 9.56. The highest BCUT2D eigenvalue weighted by Gasteiger charge is 2.29. The van der Waals surface area contributed by atoms with E-state index in [0.29, 0.717) is 11.1 Å². The number of hydrogen-bond donors (Lipinski definition) is 1. The molecule has 0 unspecified atom stereocenters. The van der Waals surface area contributed by atoms with Gasteiger partial charge in [-0.3, -0.25) is 0 Å². The maximum Gasteiger partial charge on any atom is 0.346 e. The number of carbonyl (C=O) groups excluding carboxylic acids is 2. The molecule has 5 heteroatoms. The van der Waals surface area contributed by atoms with Crippen molar-refractivity contribution in [3.05, 3.63) is 59.2 Å². The summed E-state index contributed by atoms with van der Waals surface area (Å²) in [6, 6.07) is 11.0. The smallest absolute Gasteiger partial charge is 0.346 e. The van der Waals surface area contributed by atoms with Gasteiger partial charge in [-0.05, 0) is 35.4 Å². The number of rotatable bonds is 2. The van der Waals surface area contributed by atoms with Gasteiger partial charge < -0.3 is 9.84 Å². The molecule has 0 saturated carbocycles. The van der Waals surface area contributed by atoms with Crippen LogP contribution in [0.5, 0.6) is 0 Å². The summed E-state index contributed by atoms with van der Waals surface area (Å²) in [5, 5.41) is 8.97. The molecule has 98 valence electrons. The summed E-state index contributed by atoms with van der Waals surface area (Å²) in [7, 11) is 0. The molecule has 0 saturated heterocycles. The van der Waals surface area contributed by atoms with E-state index in [-0.39, 0.29) is 16.7 Å². The van der Waals surface area contributed by atoms with Crippen molar-refractivity contribution in [1.82, 2.24) is 0 Å². The molecule has 0 bridgehead atoms. The number of carbonyl (C=O) groups is 3. The lowest BCUT2D eigenvalue weighted by Gasteiger charge is -2.04. The average molecular weight is 268 g/mol. The minimum absolute atomic E-state index is 0.154. The van der Waals surface area contributed by atoms with Gasteiger partial charge in [0.2, 0.25) is 0 Å². The quantitative estimate of drug-likeness (QED) is 0.668. The molecule has 0 fully saturated rings. The van der Waals surface area contributed by atoms with Gasteiger partial charge in [-0.2, -0.15) is 0 Å². The Morgan fingerprint density at radius 3 is 2.35 bits per heavy atom. The molecule has 2 aromatic carbocycles. The molecule has 0 radical (unpaired) electrons. The third-order valence-corrected chi connectivity index (χ3v) is 3.09. The molecular weight excluding hydrogens is 260 g/mol. The predicted molar refractivity (Wildman–Crippen MR) is 68.6 cm³/mol. The van der Waals surface area contributed by atoms with E-state index in [4.69, 9.17) is 5.11 Å². The molecular formula is C15H8O5. The molecule has 0 amide bonds. The van der Waals surface area contributed by atoms with E-state index < -0.39 is 17.9 Å². The molecule has 1 aliphatic heterocycles. The molecule has 0 aromatic heterocycles. The lowest BCUT2D eigenvalue weighted by molar-refractivity contribution is 0.0443. The molecule has 0 atom stereocenters. The molecule has 2 aromatic rings. The summed E-state index contributed by atoms with van der Waals surface area (Å²) < 4.78 is 4.51. The van der Waals surface area contributed by atoms with Crippen LogP contribution in [0.2, 0.25) is 0 Å². The van der Waals surface area contributed by atoms with Gasteiger partial charge in [0.1, 0.15) is 0 Å². The van der Waals surface area contributed by atoms with Gasteiger partial charge in [-0.1, -0.05) is 18.2 Å². The van der Waals surface area contributed by atoms with E-state index in [2.05, 4.69) is 4.74 Å². The Hall–Kier alpha value is -2.95. The van der Waals surface area contributed by atoms with E-state index >= 15 is 0 Å². The Morgan fingerprint density at radius 2 is 1.60 bits per heavy atom. The largest absolute Gasteiger partial charge is 0.478 e. The molecule has 0 spiro atoms. The van der Waals surface area contributed by atoms with Crippen LogP contribution in [0.15, 0.2) is 42.5 Å². The number of benzene rings is 2. The van der Waals surface area contributed by atoms with E-state index in [1.807, 2.05) is 0 Å². The normalized spacial score (nSPS) is 13.0. The maximum absolute atomic E-state index is 11.5. The average Bonchev–Trinajstić information content (AvgIpc) is 2.74. The highest BCUT2D eigenvalue weighted by atomic mass is 16.6. The fourth-order valence-electron chi connectivity index (χ4n) is 2.10. The first kappa shape index (κ1) is 12.1. The molecule has 1 N–H and O–H groups in total. The Morgan fingerprint density at radius 1 is 0.900 bits per heavy atom. The van der Waals surface area contributed by atoms with Gasteiger partial charge in [0.15, 0.2) is 0 Å². The van der Waals surface area contributed by atoms with Crippen LogP contribution in [0.1, 0.15) is 31.1 Å². The number of cyclic esters (lactones) is 2. The number of fused-ring (bicyclic) bond motifs is 1. The van der Waals surface area contributed by atoms with Crippen molar-refractivity contribution >= 4 is 17.9 Å². The minimum atomic E-state index is -1.03. The Bertz CT molecular complexity index is 761. The van der Waals surface area contributed by atoms with Crippen LogP contribution >= 0.6 is 0 Å². The van der Waals surface area contributed by atoms with Crippen molar-refractivity contribution in [2.24, 2.45) is 0 Å². The number of esters is 2. The zero-order valence-corrected chi connectivity index (χ0v) is 10.1. The molecule has 20 heavy (non-hydrogen) atoms. The molecule has 0 aliphatic carbocycles. The van der Waals surface area contributed by atoms with Crippen molar-refractivity contribution in [3.8, 4) is 11.1 Å². The van der Waals surface area contributed by atoms with Gasteiger partial charge in [0.25, 0.3) is 0 Å². The van der Waals surface area contributed by atoms with Gasteiger partial charge in [0.05, 0.1) is 16.7 Å². The highest BCUT2D eigenvalue weighted by molar-refractivity contribution is 6.15. The summed E-state index contributed by atoms with van der Waals surface area (Å²) in [6.07, 6.45) is 0. The topological polar surface area (TPSA) is 80.7 Å². The summed E-state index contributed by atoms with van der Waals surface area (Å²) in [5.41, 5.74) is 1.89. The minimum Gasteiger partial charge on any atom is -0.478 e. The first-order valence-corrected chi connectivity index (χ1v) is 5.80. The van der Waals surface area contributed by atoms with E-state index in [0.717, 1.165) is 0 Å². The first-order valence-electron chi connectivity index (χ1n) is 5.80. The second-order valence-corrected chi connectivity index (χ2v) is 4.32. The van der Waals surface area contributed by atoms with E-state index in [9.17, 15) is 14.4 Å². The van der Waals surface area contributed by atoms with Crippen LogP contribution in [0.3, 0.4) is 0 Å². The van der Waals surface area contributed by atoms with Crippen LogP contribution in [0.4, 0.5) is 0 Å². The van der Waals surface area contributed by atoms with Crippen LogP contribution in [-0.2, 0) is 4.74 Å². The Balaban J connectivity index is 2.10. The highest BCUT2D eigenvalue weighted by Crippen LogP contribution is 2.27. The van der Waals surface area contributed by atoms with Crippen LogP contribution in [-0.4, -0.2) is 23.0 Å². The monoisotopic (exact) mass is 268 g/mol. The Kier molecular flexibility index (Phi) is 2.61. The van der Waals surface area contributed by atoms with Crippen LogP contribution in [0.25, 0.3) is 11.1 Å². The SMILES string of the molecule is O=C(O)c1cccc(-c2ccc3c(c2)C(=O)OC3=O)c1. The van der Waals surface area contributed by atoms with Gasteiger partial charge in [0, 0.05) is 0 Å². The van der Waals surface area contributed by atoms with Crippen molar-refractivity contribution in [2.75, 3.05) is 0 Å². The predicted octanol–water partition coefficient (Wildman–Crippen LogP) is 2.36. The summed E-state index contributed by atoms with van der Waals surface area (Å²) in [4.78, 5) is 33.8. The van der Waals surface area contributed by atoms with Crippen LogP contribution < -0.4 is 0 Å². The number of aromatic carboxylic acids is 1. The summed E-state index contributed by atoms with van der Waals surface area (Å²) in [6.45, 7) is 0. The van der Waals surface area contributed by atoms with E-state index in [1.54, 1.807) is 18.2 Å². The van der Waals surface area contributed by atoms with Gasteiger partial charge in [-0.15, -0.1) is 0 Å². The number of carboxylic acid groups (broad SMARTS) is 1. The third-order valence-electron chi connectivity index (χ3n) is 3.09. The number of carboxylic acids is 1. The molecule has 1 heterocycles. The second-order valence-electron chi connectivity index (χ2n) is 4.32. The van der Waals surface area contributed by atoms with Crippen molar-refractivity contribution < 1.29 is 24.2 Å². The fourth-order valence-corrected chi connectivity index (χ4v) is 2.10. The summed E-state index contributed by atoms with van der Waals surface area (Å²) in [5.74, 6) is -2.36. The van der Waals surface area contributed by atoms with E-state index in [1.165, 1.54) is 24.3 Å². The van der Waals surface area contributed by atoms with Crippen molar-refractivity contribution in [3.63, 3.8) is 0 Å². The molecule has 5 nitrogen and oxygen atoms in total. The fraction of sp³-hybridized carbons (Fsp3) is 0. The zero-order valence-electron chi connectivity index (χ0n) is 10.1. The summed E-state index contributed by atoms with van der Waals surface area (Å²) >= 11 is 0. The second kappa shape index (κ2) is 4.31. The van der Waals surface area contributed by atoms with Gasteiger partial charge >= 0.3 is 17.9 Å². The Labute approximate surface area is 113 Å². The molecule has 1 aliphatic rings. The standard InChI is InChI=1S/C15H8O5/c16-13(17)10-3-1-2-8(6-10)9-4-5-11-12(7-9)15(19)20-14(11)18/h1-7H,(H,16,17). The number of hydrogen-bond acceptors (Lipinski definition) is 4. The molecule has 3 rings (SSSR count). The lowest BCUT2D eigenvalue weighted by Crippen LogP contribution is -1.97. The zero-order chi connectivity index (χ0) is 14.3. The maximum atomic E-state index is 11.5. The van der Waals surface area contributed by atoms with Crippen molar-refractivity contribution in [2.45, 2.75) is 0 Å².